The number of nitrogens with zero attached hydrogens (tertiary/aromatic N) is 1. The van der Waals surface area contributed by atoms with E-state index in [-0.39, 0.29) is 6.03 Å². The van der Waals surface area contributed by atoms with Gasteiger partial charge in [-0.3, -0.25) is 0 Å². The van der Waals surface area contributed by atoms with Gasteiger partial charge in [0, 0.05) is 23.2 Å². The molecular weight excluding hydrogens is 282 g/mol. The molecule has 1 aromatic carbocycles. The zero-order chi connectivity index (χ0) is 12.8. The molecule has 4 nitrogen and oxygen atoms in total. The first-order chi connectivity index (χ1) is 7.99. The number of anilines is 1. The van der Waals surface area contributed by atoms with E-state index in [1.807, 2.05) is 44.1 Å². The molecule has 5 heteroatoms. The summed E-state index contributed by atoms with van der Waals surface area (Å²) >= 11 is 3.39. The summed E-state index contributed by atoms with van der Waals surface area (Å²) in [5.41, 5.74) is 1.86. The summed E-state index contributed by atoms with van der Waals surface area (Å²) in [7, 11) is 3.94. The molecule has 0 aliphatic carbocycles. The van der Waals surface area contributed by atoms with Gasteiger partial charge in [-0.1, -0.05) is 15.9 Å². The van der Waals surface area contributed by atoms with Gasteiger partial charge in [0.2, 0.25) is 0 Å². The highest BCUT2D eigenvalue weighted by atomic mass is 79.9. The Balaban J connectivity index is 2.45. The highest BCUT2D eigenvalue weighted by Gasteiger charge is 2.04. The fraction of sp³-hybridized carbons (Fsp3) is 0.417. The minimum Gasteiger partial charge on any atom is -0.337 e. The number of carbonyl (C=O) groups excluding carboxylic acids is 1. The molecule has 2 N–H and O–H groups in total. The van der Waals surface area contributed by atoms with Crippen molar-refractivity contribution in [2.24, 2.45) is 0 Å². The van der Waals surface area contributed by atoms with E-state index in [1.54, 1.807) is 0 Å². The van der Waals surface area contributed by atoms with Gasteiger partial charge in [-0.2, -0.15) is 0 Å². The molecule has 0 unspecified atom stereocenters. The maximum absolute atomic E-state index is 11.6. The molecule has 0 radical (unpaired) electrons. The van der Waals surface area contributed by atoms with Crippen LogP contribution in [0.2, 0.25) is 0 Å². The van der Waals surface area contributed by atoms with E-state index in [0.717, 1.165) is 22.3 Å². The number of carbonyl (C=O) groups is 1. The molecule has 1 aromatic rings. The van der Waals surface area contributed by atoms with E-state index in [4.69, 9.17) is 0 Å². The fourth-order valence-electron chi connectivity index (χ4n) is 1.33. The number of aryl methyl sites for hydroxylation is 1. The molecule has 0 bridgehead atoms. The van der Waals surface area contributed by atoms with Gasteiger partial charge in [0.1, 0.15) is 0 Å². The maximum Gasteiger partial charge on any atom is 0.319 e. The van der Waals surface area contributed by atoms with Crippen molar-refractivity contribution in [1.29, 1.82) is 0 Å². The number of likely N-dealkylation sites (N-methyl/N-ethyl adjacent to an activating group) is 1. The molecule has 17 heavy (non-hydrogen) atoms. The molecule has 0 saturated carbocycles. The third-order valence-electron chi connectivity index (χ3n) is 2.28. The lowest BCUT2D eigenvalue weighted by Gasteiger charge is -2.12. The summed E-state index contributed by atoms with van der Waals surface area (Å²) in [5.74, 6) is 0. The molecular formula is C12H18BrN3O. The number of nitrogens with one attached hydrogen (secondary N) is 2. The molecule has 0 heterocycles. The van der Waals surface area contributed by atoms with Crippen LogP contribution in [0.3, 0.4) is 0 Å². The number of hydrogen-bond donors (Lipinski definition) is 2. The quantitative estimate of drug-likeness (QED) is 0.897. The molecule has 0 fully saturated rings. The van der Waals surface area contributed by atoms with Crippen LogP contribution in [0.4, 0.5) is 10.5 Å². The van der Waals surface area contributed by atoms with E-state index in [2.05, 4.69) is 26.6 Å². The summed E-state index contributed by atoms with van der Waals surface area (Å²) in [6.45, 7) is 3.42. The first-order valence-electron chi connectivity index (χ1n) is 5.45. The second-order valence-corrected chi connectivity index (χ2v) is 5.06. The third-order valence-corrected chi connectivity index (χ3v) is 2.77. The Bertz CT molecular complexity index is 393. The molecule has 0 aromatic heterocycles. The van der Waals surface area contributed by atoms with Crippen LogP contribution in [0.1, 0.15) is 5.56 Å². The van der Waals surface area contributed by atoms with E-state index in [0.29, 0.717) is 6.54 Å². The van der Waals surface area contributed by atoms with Crippen molar-refractivity contribution in [2.75, 3.05) is 32.5 Å². The Morgan fingerprint density at radius 1 is 1.41 bits per heavy atom. The molecule has 0 aliphatic rings. The second kappa shape index (κ2) is 6.61. The number of halogens is 1. The van der Waals surface area contributed by atoms with Gasteiger partial charge >= 0.3 is 6.03 Å². The van der Waals surface area contributed by atoms with Crippen LogP contribution < -0.4 is 10.6 Å². The average molecular weight is 300 g/mol. The summed E-state index contributed by atoms with van der Waals surface area (Å²) in [6.07, 6.45) is 0. The Morgan fingerprint density at radius 2 is 2.12 bits per heavy atom. The van der Waals surface area contributed by atoms with E-state index >= 15 is 0 Å². The number of amides is 2. The molecule has 0 saturated heterocycles. The van der Waals surface area contributed by atoms with Gasteiger partial charge in [-0.15, -0.1) is 0 Å². The molecule has 0 aliphatic heterocycles. The summed E-state index contributed by atoms with van der Waals surface area (Å²) in [4.78, 5) is 13.6. The lowest BCUT2D eigenvalue weighted by molar-refractivity contribution is 0.250. The first-order valence-corrected chi connectivity index (χ1v) is 6.24. The lowest BCUT2D eigenvalue weighted by Crippen LogP contribution is -2.34. The number of benzene rings is 1. The monoisotopic (exact) mass is 299 g/mol. The van der Waals surface area contributed by atoms with Crippen LogP contribution in [0.15, 0.2) is 22.7 Å². The zero-order valence-corrected chi connectivity index (χ0v) is 12.0. The van der Waals surface area contributed by atoms with Crippen molar-refractivity contribution >= 4 is 27.6 Å². The number of hydrogen-bond acceptors (Lipinski definition) is 2. The summed E-state index contributed by atoms with van der Waals surface area (Å²) in [5, 5.41) is 5.62. The molecule has 1 rings (SSSR count). The highest BCUT2D eigenvalue weighted by Crippen LogP contribution is 2.19. The normalized spacial score (nSPS) is 10.4. The van der Waals surface area contributed by atoms with Crippen LogP contribution in [0.25, 0.3) is 0 Å². The number of rotatable bonds is 4. The molecule has 2 amide bonds. The molecule has 0 atom stereocenters. The zero-order valence-electron chi connectivity index (χ0n) is 10.4. The van der Waals surface area contributed by atoms with Crippen LogP contribution >= 0.6 is 15.9 Å². The van der Waals surface area contributed by atoms with Gasteiger partial charge < -0.3 is 15.5 Å². The van der Waals surface area contributed by atoms with Crippen molar-refractivity contribution in [3.63, 3.8) is 0 Å². The predicted molar refractivity (Wildman–Crippen MR) is 74.5 cm³/mol. The van der Waals surface area contributed by atoms with Crippen molar-refractivity contribution < 1.29 is 4.79 Å². The first kappa shape index (κ1) is 14.0. The van der Waals surface area contributed by atoms with Crippen molar-refractivity contribution in [1.82, 2.24) is 10.2 Å². The minimum absolute atomic E-state index is 0.169. The van der Waals surface area contributed by atoms with Gasteiger partial charge in [0.25, 0.3) is 0 Å². The van der Waals surface area contributed by atoms with Crippen LogP contribution in [-0.2, 0) is 0 Å². The summed E-state index contributed by atoms with van der Waals surface area (Å²) in [6, 6.07) is 5.58. The Morgan fingerprint density at radius 3 is 2.71 bits per heavy atom. The Labute approximate surface area is 111 Å². The third kappa shape index (κ3) is 5.19. The summed E-state index contributed by atoms with van der Waals surface area (Å²) < 4.78 is 1.01. The predicted octanol–water partition coefficient (Wildman–Crippen LogP) is 2.44. The number of urea groups is 1. The van der Waals surface area contributed by atoms with Crippen molar-refractivity contribution in [3.05, 3.63) is 28.2 Å². The van der Waals surface area contributed by atoms with E-state index in [1.165, 1.54) is 0 Å². The van der Waals surface area contributed by atoms with Crippen LogP contribution in [0.5, 0.6) is 0 Å². The van der Waals surface area contributed by atoms with Crippen LogP contribution in [-0.4, -0.2) is 38.1 Å². The topological polar surface area (TPSA) is 44.4 Å². The van der Waals surface area contributed by atoms with Crippen LogP contribution in [0, 0.1) is 6.92 Å². The van der Waals surface area contributed by atoms with E-state index in [9.17, 15) is 4.79 Å². The Kier molecular flexibility index (Phi) is 5.44. The SMILES string of the molecule is Cc1cc(Br)ccc1NC(=O)NCCN(C)C. The van der Waals surface area contributed by atoms with Gasteiger partial charge in [-0.05, 0) is 44.8 Å². The average Bonchev–Trinajstić information content (AvgIpc) is 2.21. The maximum atomic E-state index is 11.6. The Hall–Kier alpha value is -1.07. The molecule has 94 valence electrons. The second-order valence-electron chi connectivity index (χ2n) is 4.14. The largest absolute Gasteiger partial charge is 0.337 e. The van der Waals surface area contributed by atoms with Crippen molar-refractivity contribution in [2.45, 2.75) is 6.92 Å². The van der Waals surface area contributed by atoms with E-state index < -0.39 is 0 Å². The lowest BCUT2D eigenvalue weighted by atomic mass is 10.2. The standard InChI is InChI=1S/C12H18BrN3O/c1-9-8-10(13)4-5-11(9)15-12(17)14-6-7-16(2)3/h4-5,8H,6-7H2,1-3H3,(H2,14,15,17). The minimum atomic E-state index is -0.169. The van der Waals surface area contributed by atoms with Crippen molar-refractivity contribution in [3.8, 4) is 0 Å². The highest BCUT2D eigenvalue weighted by molar-refractivity contribution is 9.10. The van der Waals surface area contributed by atoms with Gasteiger partial charge in [0.15, 0.2) is 0 Å². The molecule has 0 spiro atoms. The smallest absolute Gasteiger partial charge is 0.319 e. The van der Waals surface area contributed by atoms with Gasteiger partial charge in [0.05, 0.1) is 0 Å². The van der Waals surface area contributed by atoms with Gasteiger partial charge in [-0.25, -0.2) is 4.79 Å². The fourth-order valence-corrected chi connectivity index (χ4v) is 1.80.